The lowest BCUT2D eigenvalue weighted by molar-refractivity contribution is 0.136. The number of likely N-dealkylation sites (tertiary alicyclic amines) is 1. The molecule has 0 radical (unpaired) electrons. The van der Waals surface area contributed by atoms with Gasteiger partial charge >= 0.3 is 0 Å². The lowest BCUT2D eigenvalue weighted by Crippen LogP contribution is -2.48. The first-order valence-electron chi connectivity index (χ1n) is 6.35. The van der Waals surface area contributed by atoms with E-state index in [0.29, 0.717) is 6.04 Å². The van der Waals surface area contributed by atoms with Crippen LogP contribution in [0.2, 0.25) is 0 Å². The van der Waals surface area contributed by atoms with Gasteiger partial charge in [0.2, 0.25) is 0 Å². The Hall–Kier alpha value is 0.270. The monoisotopic (exact) mass is 228 g/mol. The quantitative estimate of drug-likeness (QED) is 0.799. The van der Waals surface area contributed by atoms with Crippen molar-refractivity contribution in [2.24, 2.45) is 17.6 Å². The molecule has 2 aliphatic rings. The zero-order chi connectivity index (χ0) is 10.7. The first kappa shape index (κ1) is 11.7. The molecule has 0 aromatic heterocycles. The van der Waals surface area contributed by atoms with Crippen molar-refractivity contribution in [1.82, 2.24) is 4.90 Å². The number of nitrogens with zero attached hydrogens (tertiary/aromatic N) is 1. The van der Waals surface area contributed by atoms with Crippen LogP contribution in [-0.2, 0) is 0 Å². The fourth-order valence-corrected chi connectivity index (χ4v) is 4.09. The van der Waals surface area contributed by atoms with Crippen LogP contribution in [0, 0.1) is 11.8 Å². The first-order chi connectivity index (χ1) is 7.29. The Morgan fingerprint density at radius 2 is 2.27 bits per heavy atom. The summed E-state index contributed by atoms with van der Waals surface area (Å²) < 4.78 is 0. The number of thioether (sulfide) groups is 1. The Kier molecular flexibility index (Phi) is 4.35. The molecule has 0 aromatic carbocycles. The predicted octanol–water partition coefficient (Wildman–Crippen LogP) is 1.80. The Bertz CT molecular complexity index is 190. The van der Waals surface area contributed by atoms with E-state index in [9.17, 15) is 0 Å². The second-order valence-corrected chi connectivity index (χ2v) is 6.26. The minimum Gasteiger partial charge on any atom is -0.327 e. The third-order valence-electron chi connectivity index (χ3n) is 3.94. The average Bonchev–Trinajstić information content (AvgIpc) is 2.73. The summed E-state index contributed by atoms with van der Waals surface area (Å²) in [6, 6.07) is 0.462. The normalized spacial score (nSPS) is 38.4. The molecule has 88 valence electrons. The highest BCUT2D eigenvalue weighted by molar-refractivity contribution is 7.99. The van der Waals surface area contributed by atoms with Gasteiger partial charge in [-0.3, -0.25) is 0 Å². The number of piperidine rings is 1. The topological polar surface area (TPSA) is 29.3 Å². The molecule has 3 atom stereocenters. The molecule has 0 amide bonds. The van der Waals surface area contributed by atoms with Crippen molar-refractivity contribution in [3.63, 3.8) is 0 Å². The van der Waals surface area contributed by atoms with Crippen molar-refractivity contribution in [2.75, 3.05) is 31.1 Å². The third kappa shape index (κ3) is 3.11. The van der Waals surface area contributed by atoms with Crippen LogP contribution in [0.3, 0.4) is 0 Å². The summed E-state index contributed by atoms with van der Waals surface area (Å²) in [5.74, 6) is 4.48. The van der Waals surface area contributed by atoms with Gasteiger partial charge in [-0.1, -0.05) is 13.3 Å². The standard InChI is InChI=1S/C12H24N2S/c1-2-11-8-14(5-3-12(11)13)7-10-4-6-15-9-10/h10-12H,2-9,13H2,1H3. The second-order valence-electron chi connectivity index (χ2n) is 5.11. The largest absolute Gasteiger partial charge is 0.327 e. The van der Waals surface area contributed by atoms with Crippen molar-refractivity contribution in [3.8, 4) is 0 Å². The lowest BCUT2D eigenvalue weighted by Gasteiger charge is -2.37. The Morgan fingerprint density at radius 1 is 1.40 bits per heavy atom. The second kappa shape index (κ2) is 5.55. The van der Waals surface area contributed by atoms with Crippen LogP contribution >= 0.6 is 11.8 Å². The van der Waals surface area contributed by atoms with Gasteiger partial charge in [0.1, 0.15) is 0 Å². The van der Waals surface area contributed by atoms with E-state index in [1.54, 1.807) is 0 Å². The lowest BCUT2D eigenvalue weighted by atomic mass is 9.90. The molecule has 0 bridgehead atoms. The van der Waals surface area contributed by atoms with E-state index in [2.05, 4.69) is 23.6 Å². The molecule has 2 heterocycles. The molecular formula is C12H24N2S. The van der Waals surface area contributed by atoms with Gasteiger partial charge < -0.3 is 10.6 Å². The summed E-state index contributed by atoms with van der Waals surface area (Å²) in [4.78, 5) is 2.66. The molecule has 2 N–H and O–H groups in total. The Morgan fingerprint density at radius 3 is 2.93 bits per heavy atom. The summed E-state index contributed by atoms with van der Waals surface area (Å²) in [5, 5.41) is 0. The maximum Gasteiger partial charge on any atom is 0.00914 e. The molecule has 2 rings (SSSR count). The van der Waals surface area contributed by atoms with Crippen LogP contribution in [0.4, 0.5) is 0 Å². The minimum atomic E-state index is 0.462. The first-order valence-corrected chi connectivity index (χ1v) is 7.50. The minimum absolute atomic E-state index is 0.462. The molecule has 2 aliphatic heterocycles. The van der Waals surface area contributed by atoms with Crippen LogP contribution in [0.25, 0.3) is 0 Å². The fraction of sp³-hybridized carbons (Fsp3) is 1.00. The molecule has 0 aliphatic carbocycles. The van der Waals surface area contributed by atoms with Crippen molar-refractivity contribution >= 4 is 11.8 Å². The van der Waals surface area contributed by atoms with E-state index in [1.165, 1.54) is 50.4 Å². The van der Waals surface area contributed by atoms with Crippen LogP contribution < -0.4 is 5.73 Å². The highest BCUT2D eigenvalue weighted by Gasteiger charge is 2.27. The molecule has 3 heteroatoms. The van der Waals surface area contributed by atoms with Crippen molar-refractivity contribution in [3.05, 3.63) is 0 Å². The Labute approximate surface area is 98.0 Å². The third-order valence-corrected chi connectivity index (χ3v) is 5.17. The summed E-state index contributed by atoms with van der Waals surface area (Å²) in [6.07, 6.45) is 3.89. The van der Waals surface area contributed by atoms with Gasteiger partial charge in [0, 0.05) is 19.1 Å². The molecule has 2 nitrogen and oxygen atoms in total. The van der Waals surface area contributed by atoms with Gasteiger partial charge in [-0.2, -0.15) is 11.8 Å². The van der Waals surface area contributed by atoms with Gasteiger partial charge in [0.15, 0.2) is 0 Å². The number of hydrogen-bond acceptors (Lipinski definition) is 3. The highest BCUT2D eigenvalue weighted by atomic mass is 32.2. The van der Waals surface area contributed by atoms with Crippen LogP contribution in [0.15, 0.2) is 0 Å². The van der Waals surface area contributed by atoms with Crippen molar-refractivity contribution in [1.29, 1.82) is 0 Å². The molecule has 3 unspecified atom stereocenters. The van der Waals surface area contributed by atoms with E-state index >= 15 is 0 Å². The van der Waals surface area contributed by atoms with Crippen LogP contribution in [0.1, 0.15) is 26.2 Å². The van der Waals surface area contributed by atoms with E-state index in [4.69, 9.17) is 5.73 Å². The number of rotatable bonds is 3. The number of hydrogen-bond donors (Lipinski definition) is 1. The average molecular weight is 228 g/mol. The van der Waals surface area contributed by atoms with Crippen molar-refractivity contribution in [2.45, 2.75) is 32.2 Å². The van der Waals surface area contributed by atoms with E-state index < -0.39 is 0 Å². The molecule has 2 fully saturated rings. The summed E-state index contributed by atoms with van der Waals surface area (Å²) in [7, 11) is 0. The van der Waals surface area contributed by atoms with Gasteiger partial charge in [-0.05, 0) is 42.7 Å². The van der Waals surface area contributed by atoms with E-state index in [1.807, 2.05) is 0 Å². The fourth-order valence-electron chi connectivity index (χ4n) is 2.82. The van der Waals surface area contributed by atoms with Crippen LogP contribution in [-0.4, -0.2) is 42.1 Å². The number of nitrogens with two attached hydrogens (primary N) is 1. The van der Waals surface area contributed by atoms with E-state index in [-0.39, 0.29) is 0 Å². The smallest absolute Gasteiger partial charge is 0.00914 e. The highest BCUT2D eigenvalue weighted by Crippen LogP contribution is 2.26. The summed E-state index contributed by atoms with van der Waals surface area (Å²) in [5.41, 5.74) is 6.13. The maximum atomic E-state index is 6.13. The van der Waals surface area contributed by atoms with Gasteiger partial charge in [0.05, 0.1) is 0 Å². The van der Waals surface area contributed by atoms with E-state index in [0.717, 1.165) is 11.8 Å². The zero-order valence-electron chi connectivity index (χ0n) is 9.82. The SMILES string of the molecule is CCC1CN(CC2CCSC2)CCC1N. The maximum absolute atomic E-state index is 6.13. The van der Waals surface area contributed by atoms with Crippen LogP contribution in [0.5, 0.6) is 0 Å². The molecule has 2 saturated heterocycles. The molecule has 0 aromatic rings. The zero-order valence-corrected chi connectivity index (χ0v) is 10.6. The molecular weight excluding hydrogens is 204 g/mol. The summed E-state index contributed by atoms with van der Waals surface area (Å²) in [6.45, 7) is 6.09. The molecule has 0 saturated carbocycles. The molecule has 0 spiro atoms. The summed E-state index contributed by atoms with van der Waals surface area (Å²) >= 11 is 2.13. The Balaban J connectivity index is 1.78. The van der Waals surface area contributed by atoms with Gasteiger partial charge in [-0.25, -0.2) is 0 Å². The molecule has 15 heavy (non-hydrogen) atoms. The van der Waals surface area contributed by atoms with Gasteiger partial charge in [-0.15, -0.1) is 0 Å². The van der Waals surface area contributed by atoms with Gasteiger partial charge in [0.25, 0.3) is 0 Å². The predicted molar refractivity (Wildman–Crippen MR) is 68.2 cm³/mol. The van der Waals surface area contributed by atoms with Crippen molar-refractivity contribution < 1.29 is 0 Å².